The Bertz CT molecular complexity index is 343. The third kappa shape index (κ3) is 3.78. The van der Waals surface area contributed by atoms with E-state index in [9.17, 15) is 4.79 Å². The Labute approximate surface area is 95.2 Å². The number of nitrogens with one attached hydrogen (secondary N) is 1. The maximum Gasteiger partial charge on any atom is 0.266 e. The monoisotopic (exact) mass is 228 g/mol. The molecule has 0 amide bonds. The van der Waals surface area contributed by atoms with Gasteiger partial charge < -0.3 is 0 Å². The molecule has 86 valence electrons. The van der Waals surface area contributed by atoms with E-state index < -0.39 is 0 Å². The van der Waals surface area contributed by atoms with Crippen LogP contribution in [-0.2, 0) is 12.3 Å². The Balaban J connectivity index is 2.55. The van der Waals surface area contributed by atoms with Gasteiger partial charge in [0.2, 0.25) is 0 Å². The number of aryl methyl sites for hydroxylation is 1. The molecule has 3 nitrogen and oxygen atoms in total. The topological polar surface area (TPSA) is 37.8 Å². The molecule has 0 fully saturated rings. The van der Waals surface area contributed by atoms with Crippen LogP contribution < -0.4 is 5.56 Å². The van der Waals surface area contributed by atoms with E-state index in [2.05, 4.69) is 25.9 Å². The highest BCUT2D eigenvalue weighted by Crippen LogP contribution is 2.17. The summed E-state index contributed by atoms with van der Waals surface area (Å²) in [5, 5.41) is 3.80. The first-order chi connectivity index (χ1) is 7.17. The van der Waals surface area contributed by atoms with E-state index in [0.717, 1.165) is 24.4 Å². The summed E-state index contributed by atoms with van der Waals surface area (Å²) in [6.07, 6.45) is 2.16. The van der Waals surface area contributed by atoms with Gasteiger partial charge >= 0.3 is 0 Å². The van der Waals surface area contributed by atoms with Crippen LogP contribution in [0.2, 0.25) is 0 Å². The lowest BCUT2D eigenvalue weighted by Gasteiger charge is -2.06. The van der Waals surface area contributed by atoms with Crippen molar-refractivity contribution in [3.05, 3.63) is 22.1 Å². The van der Waals surface area contributed by atoms with E-state index in [1.807, 2.05) is 11.8 Å². The molecule has 1 aromatic heterocycles. The molecule has 0 bridgehead atoms. The second kappa shape index (κ2) is 6.05. The first-order valence-electron chi connectivity index (χ1n) is 5.57. The maximum atomic E-state index is 11.5. The molecule has 0 aliphatic rings. The summed E-state index contributed by atoms with van der Waals surface area (Å²) in [5.74, 6) is 0.904. The number of hydrogen-bond donors (Lipinski definition) is 1. The highest BCUT2D eigenvalue weighted by molar-refractivity contribution is 7.99. The van der Waals surface area contributed by atoms with Crippen LogP contribution in [0.25, 0.3) is 0 Å². The van der Waals surface area contributed by atoms with Crippen molar-refractivity contribution in [2.75, 3.05) is 0 Å². The van der Waals surface area contributed by atoms with Crippen molar-refractivity contribution >= 4 is 11.8 Å². The van der Waals surface area contributed by atoms with Gasteiger partial charge in [-0.3, -0.25) is 14.6 Å². The Morgan fingerprint density at radius 2 is 2.27 bits per heavy atom. The number of hydrogen-bond acceptors (Lipinski definition) is 2. The minimum absolute atomic E-state index is 0.0941. The van der Waals surface area contributed by atoms with Gasteiger partial charge in [-0.2, -0.15) is 11.8 Å². The zero-order valence-electron chi connectivity index (χ0n) is 9.75. The van der Waals surface area contributed by atoms with Crippen molar-refractivity contribution in [3.63, 3.8) is 0 Å². The molecule has 0 saturated heterocycles. The lowest BCUT2D eigenvalue weighted by atomic mass is 10.4. The first kappa shape index (κ1) is 12.4. The highest BCUT2D eigenvalue weighted by Gasteiger charge is 2.04. The molecular weight excluding hydrogens is 208 g/mol. The molecule has 0 saturated carbocycles. The van der Waals surface area contributed by atoms with E-state index >= 15 is 0 Å². The van der Waals surface area contributed by atoms with Crippen LogP contribution in [0.15, 0.2) is 10.9 Å². The standard InChI is InChI=1S/C11H20N2OS/c1-4-6-13-11(14)7-10(12-13)8-15-9(3)5-2/h7,9,12H,4-6,8H2,1-3H3. The fourth-order valence-electron chi connectivity index (χ4n) is 1.30. The molecule has 0 radical (unpaired) electrons. The predicted octanol–water partition coefficient (Wildman–Crippen LogP) is 2.62. The van der Waals surface area contributed by atoms with Crippen LogP contribution in [0, 0.1) is 0 Å². The summed E-state index contributed by atoms with van der Waals surface area (Å²) < 4.78 is 1.69. The minimum Gasteiger partial charge on any atom is -0.299 e. The van der Waals surface area contributed by atoms with E-state index in [-0.39, 0.29) is 5.56 Å². The zero-order valence-corrected chi connectivity index (χ0v) is 10.6. The number of aromatic nitrogens is 2. The highest BCUT2D eigenvalue weighted by atomic mass is 32.2. The average Bonchev–Trinajstić information content (AvgIpc) is 2.57. The minimum atomic E-state index is 0.0941. The fraction of sp³-hybridized carbons (Fsp3) is 0.727. The van der Waals surface area contributed by atoms with Crippen molar-refractivity contribution in [2.45, 2.75) is 51.2 Å². The predicted molar refractivity (Wildman–Crippen MR) is 66.4 cm³/mol. The van der Waals surface area contributed by atoms with E-state index in [4.69, 9.17) is 0 Å². The Morgan fingerprint density at radius 3 is 2.87 bits per heavy atom. The molecule has 1 N–H and O–H groups in total. The molecule has 1 rings (SSSR count). The normalized spacial score (nSPS) is 13.0. The van der Waals surface area contributed by atoms with Gasteiger partial charge in [0.05, 0.1) is 0 Å². The summed E-state index contributed by atoms with van der Waals surface area (Å²) in [4.78, 5) is 11.5. The first-order valence-corrected chi connectivity index (χ1v) is 6.62. The molecule has 15 heavy (non-hydrogen) atoms. The number of rotatable bonds is 6. The number of thioether (sulfide) groups is 1. The molecule has 0 aliphatic heterocycles. The van der Waals surface area contributed by atoms with Crippen molar-refractivity contribution in [2.24, 2.45) is 0 Å². The van der Waals surface area contributed by atoms with Crippen LogP contribution in [0.3, 0.4) is 0 Å². The molecule has 1 heterocycles. The fourth-order valence-corrected chi connectivity index (χ4v) is 2.15. The van der Waals surface area contributed by atoms with Gasteiger partial charge in [0, 0.05) is 29.3 Å². The molecule has 1 unspecified atom stereocenters. The van der Waals surface area contributed by atoms with Gasteiger partial charge in [-0.15, -0.1) is 0 Å². The SMILES string of the molecule is CCCn1[nH]c(CSC(C)CC)cc1=O. The lowest BCUT2D eigenvalue weighted by molar-refractivity contribution is 0.581. The van der Waals surface area contributed by atoms with Crippen LogP contribution in [0.4, 0.5) is 0 Å². The van der Waals surface area contributed by atoms with Gasteiger partial charge in [0.1, 0.15) is 0 Å². The molecule has 0 aromatic carbocycles. The Morgan fingerprint density at radius 1 is 1.53 bits per heavy atom. The molecule has 4 heteroatoms. The molecule has 0 aliphatic carbocycles. The Kier molecular flexibility index (Phi) is 5.02. The molecule has 1 atom stereocenters. The van der Waals surface area contributed by atoms with E-state index in [0.29, 0.717) is 5.25 Å². The van der Waals surface area contributed by atoms with Gasteiger partial charge in [0.15, 0.2) is 0 Å². The van der Waals surface area contributed by atoms with Crippen LogP contribution in [0.5, 0.6) is 0 Å². The Hall–Kier alpha value is -0.640. The van der Waals surface area contributed by atoms with Crippen molar-refractivity contribution in [1.29, 1.82) is 0 Å². The third-order valence-corrected chi connectivity index (χ3v) is 3.77. The van der Waals surface area contributed by atoms with Gasteiger partial charge in [-0.25, -0.2) is 0 Å². The van der Waals surface area contributed by atoms with Gasteiger partial charge in [0.25, 0.3) is 5.56 Å². The zero-order chi connectivity index (χ0) is 11.3. The quantitative estimate of drug-likeness (QED) is 0.812. The molecule has 1 aromatic rings. The summed E-state index contributed by atoms with van der Waals surface area (Å²) in [6, 6.07) is 1.71. The van der Waals surface area contributed by atoms with Crippen molar-refractivity contribution in [1.82, 2.24) is 9.78 Å². The summed E-state index contributed by atoms with van der Waals surface area (Å²) in [5.41, 5.74) is 1.13. The summed E-state index contributed by atoms with van der Waals surface area (Å²) in [7, 11) is 0. The van der Waals surface area contributed by atoms with Crippen LogP contribution >= 0.6 is 11.8 Å². The summed E-state index contributed by atoms with van der Waals surface area (Å²) >= 11 is 1.89. The van der Waals surface area contributed by atoms with Crippen LogP contribution in [0.1, 0.15) is 39.3 Å². The molecule has 0 spiro atoms. The summed E-state index contributed by atoms with van der Waals surface area (Å²) in [6.45, 7) is 7.25. The molecular formula is C11H20N2OS. The number of aromatic amines is 1. The van der Waals surface area contributed by atoms with Crippen LogP contribution in [-0.4, -0.2) is 15.0 Å². The largest absolute Gasteiger partial charge is 0.299 e. The third-order valence-electron chi connectivity index (χ3n) is 2.39. The number of H-pyrrole nitrogens is 1. The van der Waals surface area contributed by atoms with E-state index in [1.165, 1.54) is 6.42 Å². The van der Waals surface area contributed by atoms with Gasteiger partial charge in [-0.05, 0) is 12.8 Å². The smallest absolute Gasteiger partial charge is 0.266 e. The van der Waals surface area contributed by atoms with E-state index in [1.54, 1.807) is 10.7 Å². The average molecular weight is 228 g/mol. The maximum absolute atomic E-state index is 11.5. The van der Waals surface area contributed by atoms with Crippen molar-refractivity contribution < 1.29 is 0 Å². The number of nitrogens with zero attached hydrogens (tertiary/aromatic N) is 1. The second-order valence-corrected chi connectivity index (χ2v) is 5.23. The van der Waals surface area contributed by atoms with Gasteiger partial charge in [-0.1, -0.05) is 20.8 Å². The second-order valence-electron chi connectivity index (χ2n) is 3.80. The lowest BCUT2D eigenvalue weighted by Crippen LogP contribution is -2.15. The van der Waals surface area contributed by atoms with Crippen molar-refractivity contribution in [3.8, 4) is 0 Å².